The number of piperidine rings is 1. The minimum absolute atomic E-state index is 0.0428. The molecule has 0 bridgehead atoms. The molecule has 7 nitrogen and oxygen atoms in total. The summed E-state index contributed by atoms with van der Waals surface area (Å²) in [5, 5.41) is 23.3. The van der Waals surface area contributed by atoms with E-state index in [1.54, 1.807) is 18.2 Å². The van der Waals surface area contributed by atoms with Crippen LogP contribution in [0.5, 0.6) is 5.75 Å². The molecule has 0 amide bonds. The number of hydrogen-bond donors (Lipinski definition) is 3. The van der Waals surface area contributed by atoms with Gasteiger partial charge >= 0.3 is 5.97 Å². The van der Waals surface area contributed by atoms with E-state index in [9.17, 15) is 28.2 Å². The number of carboxylic acids is 1. The van der Waals surface area contributed by atoms with E-state index in [1.165, 1.54) is 13.3 Å². The molecule has 1 aromatic heterocycles. The van der Waals surface area contributed by atoms with Crippen LogP contribution in [0.1, 0.15) is 43.0 Å². The highest BCUT2D eigenvalue weighted by Crippen LogP contribution is 2.41. The van der Waals surface area contributed by atoms with Gasteiger partial charge in [-0.15, -0.1) is 0 Å². The number of alkyl halides is 1. The highest BCUT2D eigenvalue weighted by atomic mass is 19.2. The van der Waals surface area contributed by atoms with Crippen LogP contribution in [0.2, 0.25) is 0 Å². The number of ether oxygens (including phenoxy) is 1. The molecule has 1 saturated heterocycles. The molecule has 1 fully saturated rings. The third-order valence-corrected chi connectivity index (χ3v) is 7.57. The molecule has 0 spiro atoms. The number of hydrogen-bond acceptors (Lipinski definition) is 6. The van der Waals surface area contributed by atoms with Crippen molar-refractivity contribution in [2.45, 2.75) is 38.5 Å². The number of halogens is 4. The maximum atomic E-state index is 15.8. The second-order valence-electron chi connectivity index (χ2n) is 9.85. The van der Waals surface area contributed by atoms with Crippen molar-refractivity contribution in [3.63, 3.8) is 0 Å². The van der Waals surface area contributed by atoms with E-state index < -0.39 is 41.6 Å². The van der Waals surface area contributed by atoms with Crippen molar-refractivity contribution in [1.82, 2.24) is 9.88 Å². The molecule has 39 heavy (non-hydrogen) atoms. The smallest absolute Gasteiger partial charge is 0.309 e. The number of methoxy groups -OCH3 is 1. The maximum absolute atomic E-state index is 15.8. The minimum atomic E-state index is -1.53. The van der Waals surface area contributed by atoms with Gasteiger partial charge < -0.3 is 25.2 Å². The molecular weight excluding hydrogens is 518 g/mol. The third kappa shape index (κ3) is 6.25. The Morgan fingerprint density at radius 3 is 2.49 bits per heavy atom. The monoisotopic (exact) mass is 549 g/mol. The van der Waals surface area contributed by atoms with Gasteiger partial charge in [0.1, 0.15) is 11.9 Å². The number of aliphatic hydroxyl groups is 1. The zero-order chi connectivity index (χ0) is 28.2. The number of carboxylic acid groups (broad SMARTS) is 1. The molecule has 3 N–H and O–H groups in total. The number of nitrogens with zero attached hydrogens (tertiary/aromatic N) is 2. The number of carbonyl (C=O) groups is 1. The SMILES string of the molecule is COc1ccc2ncc(CO)c([C@@H](F)CCC3(C(=O)O)CCN(CCNc4cc(F)c(F)c(F)c4)CC3)c2c1. The van der Waals surface area contributed by atoms with Crippen LogP contribution in [0, 0.1) is 22.9 Å². The lowest BCUT2D eigenvalue weighted by Crippen LogP contribution is -2.45. The lowest BCUT2D eigenvalue weighted by molar-refractivity contribution is -0.153. The van der Waals surface area contributed by atoms with E-state index in [0.717, 1.165) is 12.1 Å². The largest absolute Gasteiger partial charge is 0.497 e. The predicted molar refractivity (Wildman–Crippen MR) is 138 cm³/mol. The molecule has 210 valence electrons. The molecule has 1 atom stereocenters. The Balaban J connectivity index is 1.38. The van der Waals surface area contributed by atoms with Gasteiger partial charge in [0.15, 0.2) is 17.5 Å². The van der Waals surface area contributed by atoms with Crippen molar-refractivity contribution in [2.75, 3.05) is 38.6 Å². The topological polar surface area (TPSA) is 94.9 Å². The summed E-state index contributed by atoms with van der Waals surface area (Å²) in [4.78, 5) is 18.6. The van der Waals surface area contributed by atoms with Crippen molar-refractivity contribution in [2.24, 2.45) is 5.41 Å². The van der Waals surface area contributed by atoms with Gasteiger partial charge in [0.25, 0.3) is 0 Å². The summed E-state index contributed by atoms with van der Waals surface area (Å²) in [6.45, 7) is 1.30. The lowest BCUT2D eigenvalue weighted by Gasteiger charge is -2.39. The van der Waals surface area contributed by atoms with Crippen molar-refractivity contribution in [3.05, 3.63) is 65.1 Å². The Bertz CT molecular complexity index is 1300. The van der Waals surface area contributed by atoms with Crippen LogP contribution in [0.4, 0.5) is 23.2 Å². The van der Waals surface area contributed by atoms with Crippen molar-refractivity contribution >= 4 is 22.6 Å². The van der Waals surface area contributed by atoms with Gasteiger partial charge in [0, 0.05) is 53.6 Å². The first-order chi connectivity index (χ1) is 18.7. The Kier molecular flexibility index (Phi) is 8.91. The van der Waals surface area contributed by atoms with E-state index in [2.05, 4.69) is 10.3 Å². The summed E-state index contributed by atoms with van der Waals surface area (Å²) in [7, 11) is 1.50. The van der Waals surface area contributed by atoms with Gasteiger partial charge in [0.05, 0.1) is 24.6 Å². The molecule has 11 heteroatoms. The predicted octanol–water partition coefficient (Wildman–Crippen LogP) is 5.22. The van der Waals surface area contributed by atoms with Crippen LogP contribution < -0.4 is 10.1 Å². The van der Waals surface area contributed by atoms with Gasteiger partial charge in [-0.05, 0) is 57.0 Å². The van der Waals surface area contributed by atoms with Gasteiger partial charge in [-0.1, -0.05) is 0 Å². The number of aliphatic carboxylic acids is 1. The van der Waals surface area contributed by atoms with Gasteiger partial charge in [-0.2, -0.15) is 0 Å². The molecule has 1 aliphatic rings. The number of aliphatic hydroxyl groups excluding tert-OH is 1. The van der Waals surface area contributed by atoms with E-state index in [4.69, 9.17) is 4.74 Å². The average Bonchev–Trinajstić information content (AvgIpc) is 2.94. The van der Waals surface area contributed by atoms with Crippen LogP contribution in [0.15, 0.2) is 36.5 Å². The maximum Gasteiger partial charge on any atom is 0.309 e. The fourth-order valence-electron chi connectivity index (χ4n) is 5.20. The fourth-order valence-corrected chi connectivity index (χ4v) is 5.20. The summed E-state index contributed by atoms with van der Waals surface area (Å²) in [6.07, 6.45) is 0.616. The standard InChI is InChI=1S/C28H31F4N3O4/c1-39-19-2-3-24-20(14-19)25(17(16-36)15-34-24)21(29)4-5-28(27(37)38)6-9-35(10-7-28)11-8-33-18-12-22(30)26(32)23(31)13-18/h2-3,12-15,21,33,36H,4-11,16H2,1H3,(H,37,38)/t21-/m0/s1. The van der Waals surface area contributed by atoms with E-state index in [1.807, 2.05) is 4.90 Å². The Labute approximate surface area is 223 Å². The first-order valence-corrected chi connectivity index (χ1v) is 12.7. The molecule has 4 rings (SSSR count). The first-order valence-electron chi connectivity index (χ1n) is 12.7. The second-order valence-corrected chi connectivity index (χ2v) is 9.85. The summed E-state index contributed by atoms with van der Waals surface area (Å²) < 4.78 is 61.0. The van der Waals surface area contributed by atoms with Crippen molar-refractivity contribution < 1.29 is 37.3 Å². The molecule has 2 heterocycles. The number of benzene rings is 2. The number of likely N-dealkylation sites (tertiary alicyclic amines) is 1. The average molecular weight is 550 g/mol. The summed E-state index contributed by atoms with van der Waals surface area (Å²) in [6, 6.07) is 6.84. The minimum Gasteiger partial charge on any atom is -0.497 e. The number of pyridine rings is 1. The molecule has 0 aliphatic carbocycles. The normalized spacial score (nSPS) is 16.3. The lowest BCUT2D eigenvalue weighted by atomic mass is 9.74. The number of nitrogens with one attached hydrogen (secondary N) is 1. The van der Waals surface area contributed by atoms with Gasteiger partial charge in [0.2, 0.25) is 0 Å². The van der Waals surface area contributed by atoms with E-state index in [0.29, 0.717) is 66.8 Å². The Hall–Kier alpha value is -3.44. The van der Waals surface area contributed by atoms with Crippen LogP contribution >= 0.6 is 0 Å². The molecule has 3 aromatic rings. The van der Waals surface area contributed by atoms with Crippen LogP contribution in [-0.4, -0.2) is 59.4 Å². The third-order valence-electron chi connectivity index (χ3n) is 7.57. The Morgan fingerprint density at radius 1 is 1.18 bits per heavy atom. The van der Waals surface area contributed by atoms with Crippen molar-refractivity contribution in [3.8, 4) is 5.75 Å². The van der Waals surface area contributed by atoms with Gasteiger partial charge in [-0.25, -0.2) is 17.6 Å². The van der Waals surface area contributed by atoms with Gasteiger partial charge in [-0.3, -0.25) is 9.78 Å². The molecule has 0 radical (unpaired) electrons. The summed E-state index contributed by atoms with van der Waals surface area (Å²) in [5.41, 5.74) is 0.194. The second kappa shape index (κ2) is 12.2. The number of fused-ring (bicyclic) bond motifs is 1. The molecule has 2 aromatic carbocycles. The fraction of sp³-hybridized carbons (Fsp3) is 0.429. The quantitative estimate of drug-likeness (QED) is 0.223. The first kappa shape index (κ1) is 28.6. The van der Waals surface area contributed by atoms with Crippen LogP contribution in [-0.2, 0) is 11.4 Å². The molecule has 1 aliphatic heterocycles. The van der Waals surface area contributed by atoms with E-state index >= 15 is 4.39 Å². The number of rotatable bonds is 11. The molecule has 0 saturated carbocycles. The Morgan fingerprint density at radius 2 is 1.87 bits per heavy atom. The number of aromatic nitrogens is 1. The number of anilines is 1. The van der Waals surface area contributed by atoms with Crippen molar-refractivity contribution in [1.29, 1.82) is 0 Å². The van der Waals surface area contributed by atoms with Crippen LogP contribution in [0.3, 0.4) is 0 Å². The zero-order valence-corrected chi connectivity index (χ0v) is 21.5. The van der Waals surface area contributed by atoms with Crippen LogP contribution in [0.25, 0.3) is 10.9 Å². The van der Waals surface area contributed by atoms with E-state index in [-0.39, 0.29) is 18.5 Å². The highest BCUT2D eigenvalue weighted by Gasteiger charge is 2.41. The summed E-state index contributed by atoms with van der Waals surface area (Å²) in [5.74, 6) is -4.54. The zero-order valence-electron chi connectivity index (χ0n) is 21.5. The molecular formula is C28H31F4N3O4. The summed E-state index contributed by atoms with van der Waals surface area (Å²) >= 11 is 0. The molecule has 0 unspecified atom stereocenters. The highest BCUT2D eigenvalue weighted by molar-refractivity contribution is 5.85.